The van der Waals surface area contributed by atoms with Crippen LogP contribution < -0.4 is 0 Å². The Bertz CT molecular complexity index is 523. The third-order valence-electron chi connectivity index (χ3n) is 4.40. The van der Waals surface area contributed by atoms with Crippen molar-refractivity contribution in [1.82, 2.24) is 0 Å². The molecule has 0 amide bonds. The summed E-state index contributed by atoms with van der Waals surface area (Å²) in [6.45, 7) is 0. The van der Waals surface area contributed by atoms with E-state index in [2.05, 4.69) is 54.6 Å². The lowest BCUT2D eigenvalue weighted by Crippen LogP contribution is -2.12. The summed E-state index contributed by atoms with van der Waals surface area (Å²) in [7, 11) is 0. The van der Waals surface area contributed by atoms with Gasteiger partial charge in [0.25, 0.3) is 0 Å². The van der Waals surface area contributed by atoms with Crippen molar-refractivity contribution in [2.45, 2.75) is 37.5 Å². The predicted molar refractivity (Wildman–Crippen MR) is 87.0 cm³/mol. The monoisotopic (exact) mass is 284 g/mol. The highest BCUT2D eigenvalue weighted by atomic mass is 35.5. The molecule has 0 heterocycles. The van der Waals surface area contributed by atoms with Gasteiger partial charge in [-0.25, -0.2) is 0 Å². The maximum Gasteiger partial charge on any atom is 0.0613 e. The average molecular weight is 285 g/mol. The van der Waals surface area contributed by atoms with Gasteiger partial charge in [-0.15, -0.1) is 11.6 Å². The van der Waals surface area contributed by atoms with Gasteiger partial charge in [-0.2, -0.15) is 0 Å². The molecule has 0 spiro atoms. The normalized spacial score (nSPS) is 17.9. The first kappa shape index (κ1) is 13.7. The van der Waals surface area contributed by atoms with Crippen LogP contribution in [0.2, 0.25) is 0 Å². The van der Waals surface area contributed by atoms with E-state index in [1.54, 1.807) is 0 Å². The van der Waals surface area contributed by atoms with E-state index in [1.165, 1.54) is 48.8 Å². The predicted octanol–water partition coefficient (Wildman–Crippen LogP) is 6.21. The fourth-order valence-corrected chi connectivity index (χ4v) is 3.59. The molecule has 0 aliphatic heterocycles. The molecule has 0 aromatic heterocycles. The van der Waals surface area contributed by atoms with E-state index in [0.717, 1.165) is 0 Å². The first-order valence-electron chi connectivity index (χ1n) is 7.64. The van der Waals surface area contributed by atoms with Gasteiger partial charge >= 0.3 is 0 Å². The van der Waals surface area contributed by atoms with Gasteiger partial charge in [0.1, 0.15) is 0 Å². The Morgan fingerprint density at radius 3 is 2.00 bits per heavy atom. The van der Waals surface area contributed by atoms with Crippen molar-refractivity contribution in [3.05, 3.63) is 60.2 Å². The van der Waals surface area contributed by atoms with E-state index >= 15 is 0 Å². The standard InChI is InChI=1S/C19H21Cl/c20-19(17-9-5-2-6-10-17)18-13-11-16(12-14-18)15-7-3-1-4-8-15/h1,3-4,7-8,11-14,17,19H,2,5-6,9-10H2. The van der Waals surface area contributed by atoms with Gasteiger partial charge in [-0.3, -0.25) is 0 Å². The number of alkyl halides is 1. The first-order valence-corrected chi connectivity index (χ1v) is 8.08. The van der Waals surface area contributed by atoms with Crippen LogP contribution in [0.1, 0.15) is 43.0 Å². The second-order valence-corrected chi connectivity index (χ2v) is 6.26. The van der Waals surface area contributed by atoms with Crippen molar-refractivity contribution >= 4 is 11.6 Å². The molecule has 2 aromatic carbocycles. The molecule has 0 nitrogen and oxygen atoms in total. The smallest absolute Gasteiger partial charge is 0.0613 e. The SMILES string of the molecule is ClC(c1ccc(-c2ccccc2)cc1)C1CCCCC1. The van der Waals surface area contributed by atoms with Gasteiger partial charge in [0.2, 0.25) is 0 Å². The van der Waals surface area contributed by atoms with Crippen LogP contribution in [0.4, 0.5) is 0 Å². The highest BCUT2D eigenvalue weighted by Gasteiger charge is 2.22. The zero-order chi connectivity index (χ0) is 13.8. The van der Waals surface area contributed by atoms with E-state index in [0.29, 0.717) is 5.92 Å². The molecular weight excluding hydrogens is 264 g/mol. The van der Waals surface area contributed by atoms with Crippen molar-refractivity contribution in [1.29, 1.82) is 0 Å². The molecule has 0 bridgehead atoms. The lowest BCUT2D eigenvalue weighted by atomic mass is 9.84. The molecule has 0 radical (unpaired) electrons. The third-order valence-corrected chi connectivity index (χ3v) is 5.01. The van der Waals surface area contributed by atoms with Crippen molar-refractivity contribution in [3.8, 4) is 11.1 Å². The van der Waals surface area contributed by atoms with Crippen LogP contribution in [0.5, 0.6) is 0 Å². The minimum atomic E-state index is 0.181. The Kier molecular flexibility index (Phi) is 4.42. The maximum atomic E-state index is 6.68. The molecule has 2 aromatic rings. The molecule has 1 aliphatic rings. The number of benzene rings is 2. The van der Waals surface area contributed by atoms with Crippen molar-refractivity contribution < 1.29 is 0 Å². The molecule has 1 unspecified atom stereocenters. The highest BCUT2D eigenvalue weighted by Crippen LogP contribution is 2.39. The Hall–Kier alpha value is -1.27. The number of rotatable bonds is 3. The van der Waals surface area contributed by atoms with Crippen LogP contribution in [0.25, 0.3) is 11.1 Å². The lowest BCUT2D eigenvalue weighted by Gasteiger charge is -2.26. The summed E-state index contributed by atoms with van der Waals surface area (Å²) in [5, 5.41) is 0.181. The summed E-state index contributed by atoms with van der Waals surface area (Å²) in [4.78, 5) is 0. The zero-order valence-corrected chi connectivity index (χ0v) is 12.5. The van der Waals surface area contributed by atoms with E-state index in [-0.39, 0.29) is 5.38 Å². The van der Waals surface area contributed by atoms with Crippen LogP contribution in [-0.4, -0.2) is 0 Å². The minimum absolute atomic E-state index is 0.181. The Morgan fingerprint density at radius 2 is 1.35 bits per heavy atom. The topological polar surface area (TPSA) is 0 Å². The van der Waals surface area contributed by atoms with Gasteiger partial charge in [-0.1, -0.05) is 73.9 Å². The molecule has 0 N–H and O–H groups in total. The molecular formula is C19H21Cl. The van der Waals surface area contributed by atoms with Gasteiger partial charge in [-0.05, 0) is 35.4 Å². The van der Waals surface area contributed by atoms with Crippen LogP contribution in [-0.2, 0) is 0 Å². The number of hydrogen-bond acceptors (Lipinski definition) is 0. The number of hydrogen-bond donors (Lipinski definition) is 0. The van der Waals surface area contributed by atoms with E-state index < -0.39 is 0 Å². The Labute approximate surface area is 126 Å². The molecule has 1 atom stereocenters. The molecule has 1 fully saturated rings. The molecule has 104 valence electrons. The van der Waals surface area contributed by atoms with Gasteiger partial charge in [0.15, 0.2) is 0 Å². The molecule has 20 heavy (non-hydrogen) atoms. The summed E-state index contributed by atoms with van der Waals surface area (Å²) in [6.07, 6.45) is 6.64. The molecule has 1 saturated carbocycles. The maximum absolute atomic E-state index is 6.68. The first-order chi connectivity index (χ1) is 9.84. The van der Waals surface area contributed by atoms with Crippen molar-refractivity contribution in [2.24, 2.45) is 5.92 Å². The third kappa shape index (κ3) is 3.07. The van der Waals surface area contributed by atoms with Crippen LogP contribution in [0.15, 0.2) is 54.6 Å². The zero-order valence-electron chi connectivity index (χ0n) is 11.8. The van der Waals surface area contributed by atoms with Gasteiger partial charge in [0, 0.05) is 0 Å². The van der Waals surface area contributed by atoms with E-state index in [9.17, 15) is 0 Å². The second kappa shape index (κ2) is 6.45. The van der Waals surface area contributed by atoms with Crippen LogP contribution >= 0.6 is 11.6 Å². The fourth-order valence-electron chi connectivity index (χ4n) is 3.19. The minimum Gasteiger partial charge on any atom is -0.118 e. The highest BCUT2D eigenvalue weighted by molar-refractivity contribution is 6.21. The average Bonchev–Trinajstić information content (AvgIpc) is 2.56. The number of halogens is 1. The van der Waals surface area contributed by atoms with Crippen LogP contribution in [0, 0.1) is 5.92 Å². The summed E-state index contributed by atoms with van der Waals surface area (Å²) in [5.74, 6) is 0.660. The molecule has 1 aliphatic carbocycles. The Morgan fingerprint density at radius 1 is 0.750 bits per heavy atom. The van der Waals surface area contributed by atoms with E-state index in [1.807, 2.05) is 0 Å². The summed E-state index contributed by atoms with van der Waals surface area (Å²) in [5.41, 5.74) is 3.81. The summed E-state index contributed by atoms with van der Waals surface area (Å²) >= 11 is 6.68. The lowest BCUT2D eigenvalue weighted by molar-refractivity contribution is 0.348. The van der Waals surface area contributed by atoms with Gasteiger partial charge < -0.3 is 0 Å². The quantitative estimate of drug-likeness (QED) is 0.587. The fraction of sp³-hybridized carbons (Fsp3) is 0.368. The van der Waals surface area contributed by atoms with Gasteiger partial charge in [0.05, 0.1) is 5.38 Å². The molecule has 0 saturated heterocycles. The van der Waals surface area contributed by atoms with Crippen molar-refractivity contribution in [3.63, 3.8) is 0 Å². The van der Waals surface area contributed by atoms with E-state index in [4.69, 9.17) is 11.6 Å². The second-order valence-electron chi connectivity index (χ2n) is 5.79. The molecule has 3 rings (SSSR count). The Balaban J connectivity index is 1.75. The molecule has 1 heteroatoms. The largest absolute Gasteiger partial charge is 0.118 e. The summed E-state index contributed by atoms with van der Waals surface area (Å²) < 4.78 is 0. The van der Waals surface area contributed by atoms with Crippen molar-refractivity contribution in [2.75, 3.05) is 0 Å². The van der Waals surface area contributed by atoms with Crippen LogP contribution in [0.3, 0.4) is 0 Å². The summed E-state index contributed by atoms with van der Waals surface area (Å²) in [6, 6.07) is 19.3.